The maximum Gasteiger partial charge on any atom is 0.262 e. The molecule has 0 radical (unpaired) electrons. The van der Waals surface area contributed by atoms with Crippen molar-refractivity contribution in [1.82, 2.24) is 14.8 Å². The van der Waals surface area contributed by atoms with Gasteiger partial charge < -0.3 is 14.8 Å². The lowest BCUT2D eigenvalue weighted by Crippen LogP contribution is -2.20. The van der Waals surface area contributed by atoms with Crippen molar-refractivity contribution < 1.29 is 14.3 Å². The van der Waals surface area contributed by atoms with Crippen molar-refractivity contribution in [3.8, 4) is 17.2 Å². The zero-order chi connectivity index (χ0) is 21.6. The molecule has 0 aliphatic rings. The highest BCUT2D eigenvalue weighted by atomic mass is 16.5. The number of nitrogens with one attached hydrogen (secondary N) is 1. The zero-order valence-corrected chi connectivity index (χ0v) is 17.1. The Morgan fingerprint density at radius 3 is 2.55 bits per heavy atom. The van der Waals surface area contributed by atoms with Crippen LogP contribution in [0.15, 0.2) is 79.5 Å². The van der Waals surface area contributed by atoms with Crippen LogP contribution >= 0.6 is 0 Å². The van der Waals surface area contributed by atoms with Gasteiger partial charge in [-0.25, -0.2) is 9.67 Å². The zero-order valence-electron chi connectivity index (χ0n) is 17.1. The molecule has 1 amide bonds. The van der Waals surface area contributed by atoms with E-state index in [0.29, 0.717) is 23.8 Å². The van der Waals surface area contributed by atoms with E-state index in [0.717, 1.165) is 22.4 Å². The molecule has 0 fully saturated rings. The van der Waals surface area contributed by atoms with E-state index in [1.54, 1.807) is 29.1 Å². The third-order valence-electron chi connectivity index (χ3n) is 4.56. The molecule has 7 nitrogen and oxygen atoms in total. The lowest BCUT2D eigenvalue weighted by molar-refractivity contribution is -0.118. The Hall–Kier alpha value is -4.13. The molecule has 4 aromatic rings. The van der Waals surface area contributed by atoms with Gasteiger partial charge in [-0.15, -0.1) is 0 Å². The number of aromatic nitrogens is 3. The topological polar surface area (TPSA) is 78.3 Å². The third kappa shape index (κ3) is 4.56. The number of amides is 1. The van der Waals surface area contributed by atoms with E-state index in [-0.39, 0.29) is 12.5 Å². The second-order valence-electron chi connectivity index (χ2n) is 6.81. The first-order chi connectivity index (χ1) is 15.2. The Bertz CT molecular complexity index is 1220. The number of nitrogens with zero attached hydrogens (tertiary/aromatic N) is 3. The fourth-order valence-corrected chi connectivity index (χ4v) is 3.14. The maximum atomic E-state index is 12.4. The van der Waals surface area contributed by atoms with E-state index in [1.807, 2.05) is 55.5 Å². The van der Waals surface area contributed by atoms with Gasteiger partial charge in [0.25, 0.3) is 5.91 Å². The Morgan fingerprint density at radius 1 is 1.10 bits per heavy atom. The van der Waals surface area contributed by atoms with Crippen LogP contribution in [0.2, 0.25) is 0 Å². The van der Waals surface area contributed by atoms with E-state index in [1.165, 1.54) is 0 Å². The first-order valence-electron chi connectivity index (χ1n) is 9.82. The molecule has 2 aromatic heterocycles. The Morgan fingerprint density at radius 2 is 1.81 bits per heavy atom. The molecule has 0 unspecified atom stereocenters. The number of fused-ring (bicyclic) bond motifs is 1. The van der Waals surface area contributed by atoms with Gasteiger partial charge in [0.15, 0.2) is 23.8 Å². The van der Waals surface area contributed by atoms with Crippen LogP contribution in [0.4, 0.5) is 5.69 Å². The van der Waals surface area contributed by atoms with Gasteiger partial charge in [0, 0.05) is 5.39 Å². The summed E-state index contributed by atoms with van der Waals surface area (Å²) in [4.78, 5) is 16.9. The molecule has 0 spiro atoms. The highest BCUT2D eigenvalue weighted by molar-refractivity contribution is 5.94. The number of para-hydroxylation sites is 3. The van der Waals surface area contributed by atoms with Crippen LogP contribution in [0.25, 0.3) is 16.7 Å². The first kappa shape index (κ1) is 20.2. The molecule has 0 aliphatic heterocycles. The molecule has 2 aromatic carbocycles. The van der Waals surface area contributed by atoms with Crippen molar-refractivity contribution in [2.45, 2.75) is 6.92 Å². The predicted octanol–water partition coefficient (Wildman–Crippen LogP) is 4.31. The Kier molecular flexibility index (Phi) is 5.93. The molecular formula is C24H22N4O3. The van der Waals surface area contributed by atoms with Crippen LogP contribution in [-0.2, 0) is 4.79 Å². The van der Waals surface area contributed by atoms with Gasteiger partial charge in [-0.2, -0.15) is 5.10 Å². The second kappa shape index (κ2) is 9.13. The van der Waals surface area contributed by atoms with E-state index >= 15 is 0 Å². The van der Waals surface area contributed by atoms with Crippen LogP contribution in [0, 0.1) is 6.92 Å². The van der Waals surface area contributed by atoms with Crippen molar-refractivity contribution in [2.24, 2.45) is 0 Å². The van der Waals surface area contributed by atoms with Crippen molar-refractivity contribution in [3.05, 3.63) is 85.2 Å². The van der Waals surface area contributed by atoms with Gasteiger partial charge in [0.2, 0.25) is 0 Å². The molecule has 0 saturated heterocycles. The normalized spacial score (nSPS) is 10.6. The molecule has 7 heteroatoms. The SMILES string of the molecule is C=CCOc1ccccc1OCC(=O)Nc1cnc2c(c1)c(C)nn2-c1ccccc1. The van der Waals surface area contributed by atoms with Crippen LogP contribution in [0.5, 0.6) is 11.5 Å². The number of hydrogen-bond acceptors (Lipinski definition) is 5. The van der Waals surface area contributed by atoms with Crippen LogP contribution < -0.4 is 14.8 Å². The minimum atomic E-state index is -0.298. The predicted molar refractivity (Wildman–Crippen MR) is 120 cm³/mol. The number of carbonyl (C=O) groups excluding carboxylic acids is 1. The number of rotatable bonds is 8. The summed E-state index contributed by atoms with van der Waals surface area (Å²) in [6.07, 6.45) is 3.26. The van der Waals surface area contributed by atoms with E-state index in [9.17, 15) is 4.79 Å². The fourth-order valence-electron chi connectivity index (χ4n) is 3.14. The lowest BCUT2D eigenvalue weighted by atomic mass is 10.2. The Balaban J connectivity index is 1.46. The number of ether oxygens (including phenoxy) is 2. The molecule has 0 aliphatic carbocycles. The molecule has 31 heavy (non-hydrogen) atoms. The van der Waals surface area contributed by atoms with Gasteiger partial charge in [0.1, 0.15) is 6.61 Å². The molecule has 0 atom stereocenters. The minimum absolute atomic E-state index is 0.158. The van der Waals surface area contributed by atoms with E-state index in [4.69, 9.17) is 9.47 Å². The van der Waals surface area contributed by atoms with Crippen molar-refractivity contribution in [2.75, 3.05) is 18.5 Å². The largest absolute Gasteiger partial charge is 0.486 e. The number of hydrogen-bond donors (Lipinski definition) is 1. The smallest absolute Gasteiger partial charge is 0.262 e. The van der Waals surface area contributed by atoms with Crippen molar-refractivity contribution >= 4 is 22.6 Å². The van der Waals surface area contributed by atoms with Gasteiger partial charge in [-0.1, -0.05) is 43.0 Å². The monoisotopic (exact) mass is 414 g/mol. The molecule has 156 valence electrons. The summed E-state index contributed by atoms with van der Waals surface area (Å²) < 4.78 is 13.0. The fraction of sp³-hybridized carbons (Fsp3) is 0.125. The summed E-state index contributed by atoms with van der Waals surface area (Å²) in [6, 6.07) is 18.8. The van der Waals surface area contributed by atoms with Gasteiger partial charge in [0.05, 0.1) is 23.3 Å². The van der Waals surface area contributed by atoms with Crippen LogP contribution in [0.1, 0.15) is 5.69 Å². The first-order valence-corrected chi connectivity index (χ1v) is 9.82. The summed E-state index contributed by atoms with van der Waals surface area (Å²) in [5.74, 6) is 0.753. The summed E-state index contributed by atoms with van der Waals surface area (Å²) in [5.41, 5.74) is 3.06. The van der Waals surface area contributed by atoms with Crippen molar-refractivity contribution in [1.29, 1.82) is 0 Å². The number of benzene rings is 2. The lowest BCUT2D eigenvalue weighted by Gasteiger charge is -2.11. The second-order valence-corrected chi connectivity index (χ2v) is 6.81. The van der Waals surface area contributed by atoms with E-state index in [2.05, 4.69) is 22.0 Å². The Labute approximate surface area is 179 Å². The molecule has 0 bridgehead atoms. The molecule has 2 heterocycles. The van der Waals surface area contributed by atoms with Crippen LogP contribution in [-0.4, -0.2) is 33.9 Å². The standard InChI is InChI=1S/C24H22N4O3/c1-3-13-30-21-11-7-8-12-22(21)31-16-23(29)26-18-14-20-17(2)27-28(24(20)25-15-18)19-9-5-4-6-10-19/h3-12,14-15H,1,13,16H2,2H3,(H,26,29). The number of anilines is 1. The average Bonchev–Trinajstić information content (AvgIpc) is 3.13. The van der Waals surface area contributed by atoms with Gasteiger partial charge in [-0.05, 0) is 37.3 Å². The molecule has 0 saturated carbocycles. The highest BCUT2D eigenvalue weighted by Gasteiger charge is 2.13. The van der Waals surface area contributed by atoms with E-state index < -0.39 is 0 Å². The summed E-state index contributed by atoms with van der Waals surface area (Å²) in [6.45, 7) is 5.74. The van der Waals surface area contributed by atoms with Crippen molar-refractivity contribution in [3.63, 3.8) is 0 Å². The summed E-state index contributed by atoms with van der Waals surface area (Å²) >= 11 is 0. The quantitative estimate of drug-likeness (QED) is 0.435. The van der Waals surface area contributed by atoms with Crippen LogP contribution in [0.3, 0.4) is 0 Å². The van der Waals surface area contributed by atoms with Gasteiger partial charge >= 0.3 is 0 Å². The molecular weight excluding hydrogens is 392 g/mol. The minimum Gasteiger partial charge on any atom is -0.486 e. The third-order valence-corrected chi connectivity index (χ3v) is 4.56. The summed E-state index contributed by atoms with van der Waals surface area (Å²) in [7, 11) is 0. The van der Waals surface area contributed by atoms with Gasteiger partial charge in [-0.3, -0.25) is 4.79 Å². The number of pyridine rings is 1. The number of carbonyl (C=O) groups is 1. The average molecular weight is 414 g/mol. The molecule has 4 rings (SSSR count). The summed E-state index contributed by atoms with van der Waals surface area (Å²) in [5, 5.41) is 8.28. The highest BCUT2D eigenvalue weighted by Crippen LogP contribution is 2.26. The maximum absolute atomic E-state index is 12.4. The number of aryl methyl sites for hydroxylation is 1. The molecule has 1 N–H and O–H groups in total.